The smallest absolute Gasteiger partial charge is 0.252 e. The second-order valence-corrected chi connectivity index (χ2v) is 6.72. The minimum atomic E-state index is -0.769. The summed E-state index contributed by atoms with van der Waals surface area (Å²) in [5.74, 6) is 0.818. The quantitative estimate of drug-likeness (QED) is 0.858. The van der Waals surface area contributed by atoms with E-state index >= 15 is 0 Å². The van der Waals surface area contributed by atoms with E-state index in [1.165, 1.54) is 0 Å². The fourth-order valence-electron chi connectivity index (χ4n) is 3.30. The summed E-state index contributed by atoms with van der Waals surface area (Å²) in [5, 5.41) is 2.80. The van der Waals surface area contributed by atoms with Gasteiger partial charge in [0.15, 0.2) is 11.5 Å². The summed E-state index contributed by atoms with van der Waals surface area (Å²) in [6, 6.07) is 15.0. The van der Waals surface area contributed by atoms with Gasteiger partial charge >= 0.3 is 0 Å². The number of rotatable bonds is 5. The van der Waals surface area contributed by atoms with Gasteiger partial charge in [-0.3, -0.25) is 9.59 Å². The van der Waals surface area contributed by atoms with E-state index in [-0.39, 0.29) is 18.2 Å². The van der Waals surface area contributed by atoms with Crippen molar-refractivity contribution in [3.8, 4) is 11.5 Å². The van der Waals surface area contributed by atoms with Gasteiger partial charge < -0.3 is 24.4 Å². The Balaban J connectivity index is 1.35. The summed E-state index contributed by atoms with van der Waals surface area (Å²) in [4.78, 5) is 26.9. The number of anilines is 1. The van der Waals surface area contributed by atoms with Gasteiger partial charge in [-0.1, -0.05) is 30.3 Å². The van der Waals surface area contributed by atoms with Crippen molar-refractivity contribution < 1.29 is 23.8 Å². The number of nitrogens with one attached hydrogen (secondary N) is 1. The molecule has 0 aliphatic carbocycles. The van der Waals surface area contributed by atoms with E-state index in [2.05, 4.69) is 5.32 Å². The molecule has 1 saturated heterocycles. The van der Waals surface area contributed by atoms with E-state index in [0.717, 1.165) is 5.56 Å². The standard InChI is InChI=1S/C21H22N2O5/c24-20(22-16-6-7-17-18(12-16)28-11-10-27-17)13-19-21(25)23(8-9-26-19)14-15-4-2-1-3-5-15/h1-7,12,19H,8-11,13-14H2,(H,22,24)/t19-/m1/s1. The third-order valence-electron chi connectivity index (χ3n) is 4.68. The van der Waals surface area contributed by atoms with Crippen LogP contribution in [0.15, 0.2) is 48.5 Å². The van der Waals surface area contributed by atoms with Gasteiger partial charge in [-0.05, 0) is 17.7 Å². The molecule has 2 aromatic rings. The van der Waals surface area contributed by atoms with Crippen molar-refractivity contribution in [3.63, 3.8) is 0 Å². The van der Waals surface area contributed by atoms with E-state index in [1.807, 2.05) is 30.3 Å². The van der Waals surface area contributed by atoms with Crippen LogP contribution >= 0.6 is 0 Å². The van der Waals surface area contributed by atoms with E-state index in [1.54, 1.807) is 23.1 Å². The van der Waals surface area contributed by atoms with Gasteiger partial charge in [0.05, 0.1) is 13.0 Å². The maximum atomic E-state index is 12.7. The fourth-order valence-corrected chi connectivity index (χ4v) is 3.30. The predicted octanol–water partition coefficient (Wildman–Crippen LogP) is 2.21. The SMILES string of the molecule is O=C(C[C@H]1OCCN(Cc2ccccc2)C1=O)Nc1ccc2c(c1)OCCO2. The van der Waals surface area contributed by atoms with Gasteiger partial charge in [-0.15, -0.1) is 0 Å². The molecule has 0 spiro atoms. The third kappa shape index (κ3) is 4.26. The van der Waals surface area contributed by atoms with E-state index in [0.29, 0.717) is 50.1 Å². The summed E-state index contributed by atoms with van der Waals surface area (Å²) in [6.07, 6.45) is -0.798. The number of hydrogen-bond donors (Lipinski definition) is 1. The Labute approximate surface area is 163 Å². The molecular formula is C21H22N2O5. The normalized spacial score (nSPS) is 18.6. The Bertz CT molecular complexity index is 855. The Morgan fingerprint density at radius 1 is 1.04 bits per heavy atom. The molecule has 28 heavy (non-hydrogen) atoms. The second kappa shape index (κ2) is 8.31. The van der Waals surface area contributed by atoms with Crippen LogP contribution < -0.4 is 14.8 Å². The lowest BCUT2D eigenvalue weighted by molar-refractivity contribution is -0.155. The van der Waals surface area contributed by atoms with Crippen LogP contribution in [0.4, 0.5) is 5.69 Å². The van der Waals surface area contributed by atoms with Crippen molar-refractivity contribution in [2.24, 2.45) is 0 Å². The van der Waals surface area contributed by atoms with Gasteiger partial charge in [0.2, 0.25) is 5.91 Å². The van der Waals surface area contributed by atoms with Gasteiger partial charge in [-0.25, -0.2) is 0 Å². The molecule has 0 saturated carbocycles. The van der Waals surface area contributed by atoms with Crippen molar-refractivity contribution in [1.29, 1.82) is 0 Å². The van der Waals surface area contributed by atoms with Crippen LogP contribution in [0.1, 0.15) is 12.0 Å². The summed E-state index contributed by atoms with van der Waals surface area (Å²) >= 11 is 0. The van der Waals surface area contributed by atoms with Crippen LogP contribution in [0, 0.1) is 0 Å². The Morgan fingerprint density at radius 2 is 1.82 bits per heavy atom. The average molecular weight is 382 g/mol. The molecule has 0 bridgehead atoms. The van der Waals surface area contributed by atoms with Crippen LogP contribution in [0.3, 0.4) is 0 Å². The van der Waals surface area contributed by atoms with E-state index in [9.17, 15) is 9.59 Å². The monoisotopic (exact) mass is 382 g/mol. The highest BCUT2D eigenvalue weighted by molar-refractivity contribution is 5.95. The second-order valence-electron chi connectivity index (χ2n) is 6.72. The zero-order valence-electron chi connectivity index (χ0n) is 15.4. The molecule has 1 atom stereocenters. The number of ether oxygens (including phenoxy) is 3. The highest BCUT2D eigenvalue weighted by Crippen LogP contribution is 2.32. The number of amides is 2. The average Bonchev–Trinajstić information content (AvgIpc) is 2.72. The lowest BCUT2D eigenvalue weighted by atomic mass is 10.1. The maximum absolute atomic E-state index is 12.7. The van der Waals surface area contributed by atoms with Gasteiger partial charge in [0, 0.05) is 24.8 Å². The zero-order chi connectivity index (χ0) is 19.3. The summed E-state index contributed by atoms with van der Waals surface area (Å²) in [5.41, 5.74) is 1.65. The van der Waals surface area contributed by atoms with Crippen LogP contribution in [0.5, 0.6) is 11.5 Å². The first-order valence-electron chi connectivity index (χ1n) is 9.33. The maximum Gasteiger partial charge on any atom is 0.252 e. The topological polar surface area (TPSA) is 77.1 Å². The summed E-state index contributed by atoms with van der Waals surface area (Å²) in [7, 11) is 0. The molecule has 2 aliphatic rings. The van der Waals surface area contributed by atoms with Gasteiger partial charge in [-0.2, -0.15) is 0 Å². The van der Waals surface area contributed by atoms with Crippen molar-refractivity contribution in [2.45, 2.75) is 19.1 Å². The first-order chi connectivity index (χ1) is 13.7. The van der Waals surface area contributed by atoms with Gasteiger partial charge in [0.1, 0.15) is 19.3 Å². The molecule has 7 nitrogen and oxygen atoms in total. The first-order valence-corrected chi connectivity index (χ1v) is 9.33. The molecule has 0 aromatic heterocycles. The number of nitrogens with zero attached hydrogens (tertiary/aromatic N) is 1. The Kier molecular flexibility index (Phi) is 5.43. The van der Waals surface area contributed by atoms with E-state index < -0.39 is 6.10 Å². The molecule has 2 aliphatic heterocycles. The molecule has 1 fully saturated rings. The number of carbonyl (C=O) groups is 2. The molecule has 146 valence electrons. The molecule has 2 aromatic carbocycles. The minimum Gasteiger partial charge on any atom is -0.486 e. The molecule has 1 N–H and O–H groups in total. The highest BCUT2D eigenvalue weighted by Gasteiger charge is 2.31. The minimum absolute atomic E-state index is 0.0292. The third-order valence-corrected chi connectivity index (χ3v) is 4.68. The number of hydrogen-bond acceptors (Lipinski definition) is 5. The molecule has 4 rings (SSSR count). The van der Waals surface area contributed by atoms with E-state index in [4.69, 9.17) is 14.2 Å². The number of fused-ring (bicyclic) bond motifs is 1. The largest absolute Gasteiger partial charge is 0.486 e. The molecule has 0 unspecified atom stereocenters. The van der Waals surface area contributed by atoms with Crippen molar-refractivity contribution in [3.05, 3.63) is 54.1 Å². The van der Waals surface area contributed by atoms with Crippen molar-refractivity contribution in [2.75, 3.05) is 31.7 Å². The van der Waals surface area contributed by atoms with Crippen LogP contribution in [0.25, 0.3) is 0 Å². The number of morpholine rings is 1. The number of carbonyl (C=O) groups excluding carboxylic acids is 2. The molecule has 2 heterocycles. The lowest BCUT2D eigenvalue weighted by Crippen LogP contribution is -2.48. The molecule has 2 amide bonds. The first kappa shape index (κ1) is 18.3. The highest BCUT2D eigenvalue weighted by atomic mass is 16.6. The van der Waals surface area contributed by atoms with Crippen LogP contribution in [-0.4, -0.2) is 49.2 Å². The molecular weight excluding hydrogens is 360 g/mol. The van der Waals surface area contributed by atoms with Crippen molar-refractivity contribution >= 4 is 17.5 Å². The zero-order valence-corrected chi connectivity index (χ0v) is 15.4. The van der Waals surface area contributed by atoms with Gasteiger partial charge in [0.25, 0.3) is 5.91 Å². The van der Waals surface area contributed by atoms with Crippen LogP contribution in [-0.2, 0) is 20.9 Å². The fraction of sp³-hybridized carbons (Fsp3) is 0.333. The lowest BCUT2D eigenvalue weighted by Gasteiger charge is -2.32. The number of benzene rings is 2. The summed E-state index contributed by atoms with van der Waals surface area (Å²) < 4.78 is 16.6. The predicted molar refractivity (Wildman–Crippen MR) is 102 cm³/mol. The summed E-state index contributed by atoms with van der Waals surface area (Å²) in [6.45, 7) is 2.45. The Hall–Kier alpha value is -3.06. The Morgan fingerprint density at radius 3 is 2.64 bits per heavy atom. The molecule has 0 radical (unpaired) electrons. The van der Waals surface area contributed by atoms with Crippen molar-refractivity contribution in [1.82, 2.24) is 4.90 Å². The molecule has 7 heteroatoms. The van der Waals surface area contributed by atoms with Crippen LogP contribution in [0.2, 0.25) is 0 Å².